The number of aromatic nitrogens is 2. The van der Waals surface area contributed by atoms with Gasteiger partial charge in [0.15, 0.2) is 0 Å². The molecular weight excluding hydrogens is 282 g/mol. The van der Waals surface area contributed by atoms with Crippen LogP contribution in [0.2, 0.25) is 0 Å². The highest BCUT2D eigenvalue weighted by Gasteiger charge is 2.03. The minimum atomic E-state index is 0.129. The maximum atomic E-state index is 5.50. The molecule has 4 nitrogen and oxygen atoms in total. The molecule has 1 aromatic rings. The topological polar surface area (TPSA) is 47.0 Å². The van der Waals surface area contributed by atoms with Gasteiger partial charge in [0.25, 0.3) is 0 Å². The van der Waals surface area contributed by atoms with Crippen LogP contribution in [-0.2, 0) is 0 Å². The Morgan fingerprint density at radius 1 is 1.41 bits per heavy atom. The number of halogens is 1. The van der Waals surface area contributed by atoms with E-state index in [1.807, 2.05) is 19.9 Å². The van der Waals surface area contributed by atoms with E-state index in [1.165, 1.54) is 6.33 Å². The van der Waals surface area contributed by atoms with E-state index in [1.54, 1.807) is 0 Å². The smallest absolute Gasteiger partial charge is 0.218 e. The molecule has 96 valence electrons. The van der Waals surface area contributed by atoms with Crippen molar-refractivity contribution in [3.05, 3.63) is 12.4 Å². The van der Waals surface area contributed by atoms with Crippen molar-refractivity contribution in [2.75, 3.05) is 11.9 Å². The molecule has 17 heavy (non-hydrogen) atoms. The first kappa shape index (κ1) is 14.2. The molecule has 1 atom stereocenters. The zero-order valence-corrected chi connectivity index (χ0v) is 12.2. The summed E-state index contributed by atoms with van der Waals surface area (Å²) >= 11 is 3.60. The fourth-order valence-electron chi connectivity index (χ4n) is 1.30. The molecule has 0 aliphatic rings. The number of ether oxygens (including phenoxy) is 1. The van der Waals surface area contributed by atoms with E-state index >= 15 is 0 Å². The predicted molar refractivity (Wildman–Crippen MR) is 73.9 cm³/mol. The third kappa shape index (κ3) is 5.86. The molecule has 0 aliphatic heterocycles. The molecular formula is C12H20BrN3O. The Bertz CT molecular complexity index is 333. The van der Waals surface area contributed by atoms with E-state index in [9.17, 15) is 0 Å². The van der Waals surface area contributed by atoms with E-state index in [2.05, 4.69) is 38.1 Å². The number of alkyl halides is 1. The molecule has 0 spiro atoms. The zero-order valence-electron chi connectivity index (χ0n) is 10.6. The Kier molecular flexibility index (Phi) is 6.26. The van der Waals surface area contributed by atoms with Gasteiger partial charge in [0.2, 0.25) is 5.88 Å². The first-order valence-electron chi connectivity index (χ1n) is 5.98. The van der Waals surface area contributed by atoms with Gasteiger partial charge < -0.3 is 10.1 Å². The predicted octanol–water partition coefficient (Wildman–Crippen LogP) is 3.24. The summed E-state index contributed by atoms with van der Waals surface area (Å²) in [6.45, 7) is 7.01. The van der Waals surface area contributed by atoms with Crippen LogP contribution in [0.5, 0.6) is 5.88 Å². The number of anilines is 1. The summed E-state index contributed by atoms with van der Waals surface area (Å²) < 4.78 is 5.50. The van der Waals surface area contributed by atoms with Crippen molar-refractivity contribution in [2.45, 2.75) is 44.5 Å². The summed E-state index contributed by atoms with van der Waals surface area (Å²) in [6.07, 6.45) is 3.85. The summed E-state index contributed by atoms with van der Waals surface area (Å²) in [5, 5.41) is 3.26. The molecule has 0 aromatic carbocycles. The molecule has 1 rings (SSSR count). The number of hydrogen-bond donors (Lipinski definition) is 1. The monoisotopic (exact) mass is 301 g/mol. The molecule has 0 bridgehead atoms. The van der Waals surface area contributed by atoms with Crippen molar-refractivity contribution >= 4 is 21.7 Å². The van der Waals surface area contributed by atoms with E-state index in [-0.39, 0.29) is 6.10 Å². The lowest BCUT2D eigenvalue weighted by atomic mass is 10.2. The first-order valence-corrected chi connectivity index (χ1v) is 6.90. The minimum absolute atomic E-state index is 0.129. The van der Waals surface area contributed by atoms with Gasteiger partial charge >= 0.3 is 0 Å². The van der Waals surface area contributed by atoms with Gasteiger partial charge in [-0.3, -0.25) is 0 Å². The fourth-order valence-corrected chi connectivity index (χ4v) is 1.53. The van der Waals surface area contributed by atoms with Crippen LogP contribution in [0.15, 0.2) is 12.4 Å². The highest BCUT2D eigenvalue weighted by atomic mass is 79.9. The third-order valence-corrected chi connectivity index (χ3v) is 3.31. The zero-order chi connectivity index (χ0) is 12.7. The summed E-state index contributed by atoms with van der Waals surface area (Å²) in [5.74, 6) is 1.43. The van der Waals surface area contributed by atoms with Crippen molar-refractivity contribution in [1.29, 1.82) is 0 Å². The Labute approximate surface area is 111 Å². The molecule has 0 radical (unpaired) electrons. The van der Waals surface area contributed by atoms with E-state index in [0.717, 1.165) is 25.2 Å². The first-order chi connectivity index (χ1) is 8.11. The second-order valence-corrected chi connectivity index (χ2v) is 5.42. The van der Waals surface area contributed by atoms with E-state index in [4.69, 9.17) is 4.74 Å². The van der Waals surface area contributed by atoms with Gasteiger partial charge in [-0.1, -0.05) is 22.9 Å². The van der Waals surface area contributed by atoms with Crippen LogP contribution in [0.3, 0.4) is 0 Å². The molecule has 1 heterocycles. The van der Waals surface area contributed by atoms with Crippen LogP contribution >= 0.6 is 15.9 Å². The van der Waals surface area contributed by atoms with Crippen molar-refractivity contribution in [3.8, 4) is 5.88 Å². The third-order valence-electron chi connectivity index (χ3n) is 2.21. The number of nitrogens with one attached hydrogen (secondary N) is 1. The second kappa shape index (κ2) is 7.48. The van der Waals surface area contributed by atoms with Crippen LogP contribution in [0.25, 0.3) is 0 Å². The van der Waals surface area contributed by atoms with Crippen LogP contribution < -0.4 is 10.1 Å². The number of nitrogens with zero attached hydrogens (tertiary/aromatic N) is 2. The molecule has 5 heteroatoms. The van der Waals surface area contributed by atoms with E-state index in [0.29, 0.717) is 10.7 Å². The summed E-state index contributed by atoms with van der Waals surface area (Å²) in [5.41, 5.74) is 0. The lowest BCUT2D eigenvalue weighted by molar-refractivity contribution is 0.232. The molecule has 1 aromatic heterocycles. The van der Waals surface area contributed by atoms with Crippen LogP contribution in [0, 0.1) is 0 Å². The maximum Gasteiger partial charge on any atom is 0.218 e. The quantitative estimate of drug-likeness (QED) is 0.786. The Balaban J connectivity index is 2.43. The molecule has 1 N–H and O–H groups in total. The minimum Gasteiger partial charge on any atom is -0.475 e. The highest BCUT2D eigenvalue weighted by Crippen LogP contribution is 2.14. The Morgan fingerprint density at radius 2 is 2.18 bits per heavy atom. The number of rotatable bonds is 7. The van der Waals surface area contributed by atoms with Gasteiger partial charge in [0, 0.05) is 17.4 Å². The molecule has 0 amide bonds. The highest BCUT2D eigenvalue weighted by molar-refractivity contribution is 9.09. The Morgan fingerprint density at radius 3 is 2.82 bits per heavy atom. The van der Waals surface area contributed by atoms with Gasteiger partial charge in [-0.05, 0) is 26.7 Å². The lowest BCUT2D eigenvalue weighted by Gasteiger charge is -2.11. The standard InChI is InChI=1S/C12H20BrN3O/c1-4-10(13)5-6-14-11-7-12(16-8-15-11)17-9(2)3/h7-10H,4-6H2,1-3H3,(H,14,15,16). The maximum absolute atomic E-state index is 5.50. The molecule has 0 saturated heterocycles. The van der Waals surface area contributed by atoms with Gasteiger partial charge in [-0.15, -0.1) is 0 Å². The molecule has 1 unspecified atom stereocenters. The van der Waals surface area contributed by atoms with Gasteiger partial charge in [-0.25, -0.2) is 9.97 Å². The average molecular weight is 302 g/mol. The summed E-state index contributed by atoms with van der Waals surface area (Å²) in [7, 11) is 0. The van der Waals surface area contributed by atoms with Crippen molar-refractivity contribution in [1.82, 2.24) is 9.97 Å². The van der Waals surface area contributed by atoms with E-state index < -0.39 is 0 Å². The van der Waals surface area contributed by atoms with Crippen molar-refractivity contribution in [2.24, 2.45) is 0 Å². The SMILES string of the molecule is CCC(Br)CCNc1cc(OC(C)C)ncn1. The van der Waals surface area contributed by atoms with Gasteiger partial charge in [0.05, 0.1) is 6.10 Å². The molecule has 0 saturated carbocycles. The van der Waals surface area contributed by atoms with Crippen molar-refractivity contribution < 1.29 is 4.74 Å². The molecule has 0 aliphatic carbocycles. The van der Waals surface area contributed by atoms with Crippen molar-refractivity contribution in [3.63, 3.8) is 0 Å². The van der Waals surface area contributed by atoms with Gasteiger partial charge in [0.1, 0.15) is 12.1 Å². The normalized spacial score (nSPS) is 12.5. The molecule has 0 fully saturated rings. The average Bonchev–Trinajstić information content (AvgIpc) is 2.28. The summed E-state index contributed by atoms with van der Waals surface area (Å²) in [6, 6.07) is 1.83. The largest absolute Gasteiger partial charge is 0.475 e. The second-order valence-electron chi connectivity index (χ2n) is 4.13. The lowest BCUT2D eigenvalue weighted by Crippen LogP contribution is -2.10. The van der Waals surface area contributed by atoms with Gasteiger partial charge in [-0.2, -0.15) is 0 Å². The van der Waals surface area contributed by atoms with Crippen LogP contribution in [0.1, 0.15) is 33.6 Å². The summed E-state index contributed by atoms with van der Waals surface area (Å²) in [4.78, 5) is 8.77. The van der Waals surface area contributed by atoms with Crippen LogP contribution in [0.4, 0.5) is 5.82 Å². The van der Waals surface area contributed by atoms with Crippen LogP contribution in [-0.4, -0.2) is 27.4 Å². The Hall–Kier alpha value is -0.840. The number of hydrogen-bond acceptors (Lipinski definition) is 4. The fraction of sp³-hybridized carbons (Fsp3) is 0.667.